The lowest BCUT2D eigenvalue weighted by molar-refractivity contribution is -0.138. The van der Waals surface area contributed by atoms with Crippen molar-refractivity contribution in [1.82, 2.24) is 0 Å². The second-order valence-electron chi connectivity index (χ2n) is 7.92. The number of hydrogen-bond acceptors (Lipinski definition) is 7. The summed E-state index contributed by atoms with van der Waals surface area (Å²) in [4.78, 5) is 56.8. The van der Waals surface area contributed by atoms with E-state index in [1.54, 1.807) is 72.8 Å². The zero-order chi connectivity index (χ0) is 26.6. The van der Waals surface area contributed by atoms with Crippen molar-refractivity contribution in [2.24, 2.45) is 15.9 Å². The van der Waals surface area contributed by atoms with Crippen LogP contribution in [0.2, 0.25) is 0 Å². The predicted octanol–water partition coefficient (Wildman–Crippen LogP) is 5.09. The zero-order valence-electron chi connectivity index (χ0n) is 20.2. The van der Waals surface area contributed by atoms with E-state index in [0.29, 0.717) is 22.6 Å². The lowest BCUT2D eigenvalue weighted by Crippen LogP contribution is -2.23. The largest absolute Gasteiger partial charge is 0.459 e. The van der Waals surface area contributed by atoms with Gasteiger partial charge in [0.2, 0.25) is 5.78 Å². The minimum absolute atomic E-state index is 0.107. The maximum atomic E-state index is 13.1. The van der Waals surface area contributed by atoms with Crippen molar-refractivity contribution in [3.05, 3.63) is 96.6 Å². The van der Waals surface area contributed by atoms with E-state index < -0.39 is 24.3 Å². The molecule has 2 unspecified atom stereocenters. The molecule has 0 spiro atoms. The summed E-state index contributed by atoms with van der Waals surface area (Å²) >= 11 is 0. The van der Waals surface area contributed by atoms with Gasteiger partial charge in [0.15, 0.2) is 6.10 Å². The average Bonchev–Trinajstić information content (AvgIpc) is 2.92. The number of amides is 2. The van der Waals surface area contributed by atoms with E-state index in [-0.39, 0.29) is 31.3 Å². The first-order valence-electron chi connectivity index (χ1n) is 11.5. The molecule has 2 amide bonds. The van der Waals surface area contributed by atoms with Gasteiger partial charge in [0, 0.05) is 35.3 Å². The average molecular weight is 503 g/mol. The van der Waals surface area contributed by atoms with Gasteiger partial charge in [-0.05, 0) is 6.08 Å². The van der Waals surface area contributed by atoms with Gasteiger partial charge < -0.3 is 14.2 Å². The van der Waals surface area contributed by atoms with Crippen molar-refractivity contribution in [1.29, 1.82) is 0 Å². The fraction of sp³-hybridized carbons (Fsp3) is 0.214. The Kier molecular flexibility index (Phi) is 9.78. The molecule has 0 saturated heterocycles. The van der Waals surface area contributed by atoms with Gasteiger partial charge in [0.05, 0.1) is 5.71 Å². The second-order valence-corrected chi connectivity index (χ2v) is 7.92. The molecule has 2 atom stereocenters. The summed E-state index contributed by atoms with van der Waals surface area (Å²) < 4.78 is 15.2. The van der Waals surface area contributed by atoms with Gasteiger partial charge >= 0.3 is 18.2 Å². The molecule has 0 radical (unpaired) electrons. The molecule has 0 N–H and O–H groups in total. The van der Waals surface area contributed by atoms with Gasteiger partial charge in [-0.25, -0.2) is 14.4 Å². The Morgan fingerprint density at radius 3 is 2.27 bits per heavy atom. The molecule has 0 heterocycles. The smallest absolute Gasteiger partial charge is 0.434 e. The zero-order valence-corrected chi connectivity index (χ0v) is 20.2. The number of aliphatic imine (C=N–C) groups is 2. The van der Waals surface area contributed by atoms with Crippen molar-refractivity contribution in [3.63, 3.8) is 0 Å². The van der Waals surface area contributed by atoms with Crippen molar-refractivity contribution >= 4 is 35.4 Å². The quantitative estimate of drug-likeness (QED) is 0.162. The Labute approximate surface area is 214 Å². The standard InChI is InChI=1S/C28H26N2O7/c1-3-24(31)35-16-17-36-27(33)30-23-18-22(15-14-19(23)2)29-28(34)37-26(21-12-8-5-9-13-21)25(32)20-10-6-4-7-11-20/h3-15,19,26H,1,16-18H2,2H3. The number of allylic oxidation sites excluding steroid dienone is 2. The van der Waals surface area contributed by atoms with Crippen LogP contribution in [0.15, 0.2) is 95.5 Å². The van der Waals surface area contributed by atoms with Gasteiger partial charge in [-0.1, -0.05) is 80.2 Å². The molecule has 0 aliphatic heterocycles. The lowest BCUT2D eigenvalue weighted by Gasteiger charge is -2.18. The molecule has 0 bridgehead atoms. The third-order valence-electron chi connectivity index (χ3n) is 5.27. The van der Waals surface area contributed by atoms with Crippen LogP contribution < -0.4 is 0 Å². The van der Waals surface area contributed by atoms with E-state index in [9.17, 15) is 19.2 Å². The first kappa shape index (κ1) is 26.9. The van der Waals surface area contributed by atoms with E-state index >= 15 is 0 Å². The topological polar surface area (TPSA) is 121 Å². The number of ether oxygens (including phenoxy) is 3. The molecule has 9 nitrogen and oxygen atoms in total. The highest BCUT2D eigenvalue weighted by Gasteiger charge is 2.27. The fourth-order valence-corrected chi connectivity index (χ4v) is 3.37. The third-order valence-corrected chi connectivity index (χ3v) is 5.27. The molecule has 190 valence electrons. The van der Waals surface area contributed by atoms with Gasteiger partial charge in [0.25, 0.3) is 0 Å². The molecule has 0 saturated carbocycles. The van der Waals surface area contributed by atoms with Crippen LogP contribution in [0, 0.1) is 5.92 Å². The number of hydrogen-bond donors (Lipinski definition) is 0. The number of benzene rings is 2. The number of ketones is 1. The molecule has 9 heteroatoms. The number of carbonyl (C=O) groups excluding carboxylic acids is 4. The fourth-order valence-electron chi connectivity index (χ4n) is 3.37. The van der Waals surface area contributed by atoms with E-state index in [2.05, 4.69) is 16.6 Å². The van der Waals surface area contributed by atoms with Crippen molar-refractivity contribution in [2.75, 3.05) is 13.2 Å². The van der Waals surface area contributed by atoms with E-state index in [1.165, 1.54) is 0 Å². The summed E-state index contributed by atoms with van der Waals surface area (Å²) in [5, 5.41) is 0. The van der Waals surface area contributed by atoms with Crippen molar-refractivity contribution < 1.29 is 33.4 Å². The van der Waals surface area contributed by atoms with Crippen molar-refractivity contribution in [2.45, 2.75) is 19.4 Å². The Morgan fingerprint density at radius 1 is 0.946 bits per heavy atom. The summed E-state index contributed by atoms with van der Waals surface area (Å²) in [6.07, 6.45) is 1.51. The number of esters is 1. The highest BCUT2D eigenvalue weighted by atomic mass is 16.6. The summed E-state index contributed by atoms with van der Waals surface area (Å²) in [7, 11) is 0. The van der Waals surface area contributed by atoms with E-state index in [1.807, 2.05) is 6.92 Å². The predicted molar refractivity (Wildman–Crippen MR) is 137 cm³/mol. The van der Waals surface area contributed by atoms with Gasteiger partial charge in [-0.3, -0.25) is 4.79 Å². The van der Waals surface area contributed by atoms with Crippen LogP contribution in [-0.2, 0) is 19.0 Å². The molecule has 1 aliphatic carbocycles. The number of nitrogens with zero attached hydrogens (tertiary/aromatic N) is 2. The third kappa shape index (κ3) is 8.21. The molecular formula is C28H26N2O7. The molecule has 3 rings (SSSR count). The van der Waals surface area contributed by atoms with Gasteiger partial charge in [-0.15, -0.1) is 0 Å². The number of Topliss-reactive ketones (excluding diaryl/α,β-unsaturated/α-hetero) is 1. The molecule has 2 aromatic rings. The Balaban J connectivity index is 1.68. The summed E-state index contributed by atoms with van der Waals surface area (Å²) in [5.74, 6) is -1.20. The van der Waals surface area contributed by atoms with Crippen LogP contribution in [0.1, 0.15) is 35.4 Å². The van der Waals surface area contributed by atoms with Crippen LogP contribution in [0.5, 0.6) is 0 Å². The molecular weight excluding hydrogens is 476 g/mol. The number of rotatable bonds is 8. The summed E-state index contributed by atoms with van der Waals surface area (Å²) in [6, 6.07) is 17.2. The van der Waals surface area contributed by atoms with Crippen LogP contribution in [0.25, 0.3) is 0 Å². The van der Waals surface area contributed by atoms with E-state index in [4.69, 9.17) is 14.2 Å². The van der Waals surface area contributed by atoms with Crippen LogP contribution >= 0.6 is 0 Å². The Bertz CT molecular complexity index is 1230. The van der Waals surface area contributed by atoms with Gasteiger partial charge in [0.1, 0.15) is 13.2 Å². The minimum atomic E-state index is -1.18. The maximum absolute atomic E-state index is 13.1. The number of carbonyl (C=O) groups is 4. The molecule has 2 aromatic carbocycles. The first-order valence-corrected chi connectivity index (χ1v) is 11.5. The highest BCUT2D eigenvalue weighted by molar-refractivity contribution is 6.17. The van der Waals surface area contributed by atoms with Crippen LogP contribution in [0.3, 0.4) is 0 Å². The lowest BCUT2D eigenvalue weighted by atomic mass is 9.94. The summed E-state index contributed by atoms with van der Waals surface area (Å²) in [6.45, 7) is 4.81. The maximum Gasteiger partial charge on any atom is 0.434 e. The van der Waals surface area contributed by atoms with Crippen molar-refractivity contribution in [3.8, 4) is 0 Å². The molecule has 37 heavy (non-hydrogen) atoms. The normalized spacial score (nSPS) is 17.6. The first-order chi connectivity index (χ1) is 17.9. The van der Waals surface area contributed by atoms with Crippen LogP contribution in [0.4, 0.5) is 9.59 Å². The van der Waals surface area contributed by atoms with Crippen LogP contribution in [-0.4, -0.2) is 48.6 Å². The highest BCUT2D eigenvalue weighted by Crippen LogP contribution is 2.24. The molecule has 0 fully saturated rings. The molecule has 0 aromatic heterocycles. The Morgan fingerprint density at radius 2 is 1.59 bits per heavy atom. The SMILES string of the molecule is C=CC(=O)OCCOC(=O)N=C1CC(=NC(=O)OC(C(=O)c2ccccc2)c2ccccc2)C=CC1C. The second kappa shape index (κ2) is 13.4. The minimum Gasteiger partial charge on any atom is -0.459 e. The Hall–Kier alpha value is -4.66. The summed E-state index contributed by atoms with van der Waals surface area (Å²) in [5.41, 5.74) is 1.66. The van der Waals surface area contributed by atoms with E-state index in [0.717, 1.165) is 6.08 Å². The van der Waals surface area contributed by atoms with Gasteiger partial charge in [-0.2, -0.15) is 9.98 Å². The molecule has 1 aliphatic rings. The monoisotopic (exact) mass is 502 g/mol.